The highest BCUT2D eigenvalue weighted by atomic mass is 16.4. The molecule has 0 bridgehead atoms. The van der Waals surface area contributed by atoms with Crippen LogP contribution in [-0.2, 0) is 11.2 Å². The zero-order valence-electron chi connectivity index (χ0n) is 15.5. The van der Waals surface area contributed by atoms with Crippen LogP contribution in [0.2, 0.25) is 0 Å². The maximum atomic E-state index is 11.8. The van der Waals surface area contributed by atoms with Crippen LogP contribution in [0.5, 0.6) is 0 Å². The van der Waals surface area contributed by atoms with Crippen LogP contribution < -0.4 is 0 Å². The lowest BCUT2D eigenvalue weighted by atomic mass is 10.0. The Morgan fingerprint density at radius 2 is 1.32 bits per heavy atom. The largest absolute Gasteiger partial charge is 0.478 e. The number of allylic oxidation sites excluding steroid dienone is 1. The van der Waals surface area contributed by atoms with Crippen molar-refractivity contribution in [3.05, 3.63) is 47.5 Å². The lowest BCUT2D eigenvalue weighted by Crippen LogP contribution is -1.97. The molecule has 0 heterocycles. The summed E-state index contributed by atoms with van der Waals surface area (Å²) in [5.74, 6) is -1.38. The monoisotopic (exact) mass is 344 g/mol. The molecule has 0 unspecified atom stereocenters. The SMILES string of the molecule is CCCCCCCCCCCCc1ccc(C(=O)/C=C\C(=O)O)cc1. The molecule has 0 amide bonds. The topological polar surface area (TPSA) is 54.4 Å². The van der Waals surface area contributed by atoms with Crippen molar-refractivity contribution < 1.29 is 14.7 Å². The minimum absolute atomic E-state index is 0.270. The van der Waals surface area contributed by atoms with Crippen LogP contribution in [-0.4, -0.2) is 16.9 Å². The summed E-state index contributed by atoms with van der Waals surface area (Å²) in [6.45, 7) is 2.25. The van der Waals surface area contributed by atoms with Crippen LogP contribution in [0.15, 0.2) is 36.4 Å². The predicted octanol–water partition coefficient (Wildman–Crippen LogP) is 5.97. The van der Waals surface area contributed by atoms with Crippen LogP contribution >= 0.6 is 0 Å². The summed E-state index contributed by atoms with van der Waals surface area (Å²) in [6.07, 6.45) is 16.3. The van der Waals surface area contributed by atoms with Gasteiger partial charge in [0.05, 0.1) is 0 Å². The first-order valence-electron chi connectivity index (χ1n) is 9.67. The van der Waals surface area contributed by atoms with Gasteiger partial charge in [0.2, 0.25) is 0 Å². The number of aryl methyl sites for hydroxylation is 1. The molecule has 138 valence electrons. The molecule has 0 atom stereocenters. The first-order chi connectivity index (χ1) is 12.1. The van der Waals surface area contributed by atoms with Gasteiger partial charge >= 0.3 is 5.97 Å². The number of hydrogen-bond donors (Lipinski definition) is 1. The molecule has 25 heavy (non-hydrogen) atoms. The molecule has 3 nitrogen and oxygen atoms in total. The predicted molar refractivity (Wildman–Crippen MR) is 103 cm³/mol. The molecule has 1 N–H and O–H groups in total. The molecule has 3 heteroatoms. The number of carboxylic acids is 1. The quantitative estimate of drug-likeness (QED) is 0.257. The van der Waals surface area contributed by atoms with Gasteiger partial charge in [-0.15, -0.1) is 0 Å². The Kier molecular flexibility index (Phi) is 11.3. The number of benzene rings is 1. The molecule has 0 radical (unpaired) electrons. The fourth-order valence-corrected chi connectivity index (χ4v) is 2.90. The fourth-order valence-electron chi connectivity index (χ4n) is 2.90. The third kappa shape index (κ3) is 10.5. The zero-order chi connectivity index (χ0) is 18.3. The van der Waals surface area contributed by atoms with E-state index in [1.54, 1.807) is 12.1 Å². The number of unbranched alkanes of at least 4 members (excludes halogenated alkanes) is 9. The molecule has 0 aromatic heterocycles. The molecule has 0 saturated heterocycles. The first kappa shape index (κ1) is 21.1. The van der Waals surface area contributed by atoms with Crippen molar-refractivity contribution in [2.75, 3.05) is 0 Å². The van der Waals surface area contributed by atoms with Gasteiger partial charge in [-0.1, -0.05) is 89.0 Å². The van der Waals surface area contributed by atoms with E-state index in [0.29, 0.717) is 5.56 Å². The highest BCUT2D eigenvalue weighted by Gasteiger charge is 2.02. The Morgan fingerprint density at radius 1 is 0.800 bits per heavy atom. The number of carbonyl (C=O) groups is 2. The highest BCUT2D eigenvalue weighted by molar-refractivity contribution is 6.06. The number of carboxylic acid groups (broad SMARTS) is 1. The lowest BCUT2D eigenvalue weighted by molar-refractivity contribution is -0.131. The second-order valence-corrected chi connectivity index (χ2v) is 6.66. The second-order valence-electron chi connectivity index (χ2n) is 6.66. The van der Waals surface area contributed by atoms with E-state index in [1.165, 1.54) is 69.8 Å². The lowest BCUT2D eigenvalue weighted by Gasteiger charge is -2.04. The zero-order valence-corrected chi connectivity index (χ0v) is 15.5. The van der Waals surface area contributed by atoms with Gasteiger partial charge in [-0.2, -0.15) is 0 Å². The van der Waals surface area contributed by atoms with Crippen LogP contribution in [0.1, 0.15) is 87.1 Å². The third-order valence-corrected chi connectivity index (χ3v) is 4.43. The van der Waals surface area contributed by atoms with Crippen LogP contribution in [0.25, 0.3) is 0 Å². The number of rotatable bonds is 14. The van der Waals surface area contributed by atoms with Crippen LogP contribution in [0.3, 0.4) is 0 Å². The summed E-state index contributed by atoms with van der Waals surface area (Å²) < 4.78 is 0. The average molecular weight is 344 g/mol. The van der Waals surface area contributed by atoms with E-state index >= 15 is 0 Å². The molecule has 0 aliphatic rings. The van der Waals surface area contributed by atoms with Gasteiger partial charge in [-0.25, -0.2) is 4.79 Å². The van der Waals surface area contributed by atoms with Gasteiger partial charge in [-0.3, -0.25) is 4.79 Å². The molecule has 1 rings (SSSR count). The van der Waals surface area contributed by atoms with Crippen molar-refractivity contribution in [2.24, 2.45) is 0 Å². The van der Waals surface area contributed by atoms with E-state index in [9.17, 15) is 9.59 Å². The van der Waals surface area contributed by atoms with E-state index < -0.39 is 5.97 Å². The molecule has 1 aromatic carbocycles. The standard InChI is InChI=1S/C22H32O3/c1-2-3-4-5-6-7-8-9-10-11-12-19-13-15-20(16-14-19)21(23)17-18-22(24)25/h13-18H,2-12H2,1H3,(H,24,25)/b18-17-. The van der Waals surface area contributed by atoms with Crippen LogP contribution in [0, 0.1) is 0 Å². The Hall–Kier alpha value is -1.90. The Labute approximate surface area is 152 Å². The Balaban J connectivity index is 2.13. The molecular formula is C22H32O3. The summed E-state index contributed by atoms with van der Waals surface area (Å²) in [6, 6.07) is 7.49. The van der Waals surface area contributed by atoms with Crippen molar-refractivity contribution in [1.82, 2.24) is 0 Å². The molecule has 0 aliphatic heterocycles. The van der Waals surface area contributed by atoms with E-state index in [-0.39, 0.29) is 5.78 Å². The molecule has 1 aromatic rings. The Morgan fingerprint density at radius 3 is 1.84 bits per heavy atom. The molecular weight excluding hydrogens is 312 g/mol. The summed E-state index contributed by atoms with van der Waals surface area (Å²) in [7, 11) is 0. The van der Waals surface area contributed by atoms with Crippen molar-refractivity contribution in [3.8, 4) is 0 Å². The van der Waals surface area contributed by atoms with Crippen molar-refractivity contribution >= 4 is 11.8 Å². The number of aliphatic carboxylic acids is 1. The number of ketones is 1. The van der Waals surface area contributed by atoms with Crippen molar-refractivity contribution in [2.45, 2.75) is 77.6 Å². The van der Waals surface area contributed by atoms with E-state index in [0.717, 1.165) is 18.6 Å². The molecule has 0 spiro atoms. The molecule has 0 aliphatic carbocycles. The third-order valence-electron chi connectivity index (χ3n) is 4.43. The Bertz CT molecular complexity index is 529. The first-order valence-corrected chi connectivity index (χ1v) is 9.67. The van der Waals surface area contributed by atoms with Crippen molar-refractivity contribution in [1.29, 1.82) is 0 Å². The van der Waals surface area contributed by atoms with Gasteiger partial charge in [0, 0.05) is 11.6 Å². The van der Waals surface area contributed by atoms with Gasteiger partial charge < -0.3 is 5.11 Å². The smallest absolute Gasteiger partial charge is 0.328 e. The summed E-state index contributed by atoms with van der Waals surface area (Å²) in [5.41, 5.74) is 1.77. The molecule has 0 fully saturated rings. The summed E-state index contributed by atoms with van der Waals surface area (Å²) >= 11 is 0. The fraction of sp³-hybridized carbons (Fsp3) is 0.545. The summed E-state index contributed by atoms with van der Waals surface area (Å²) in [4.78, 5) is 22.2. The van der Waals surface area contributed by atoms with E-state index in [4.69, 9.17) is 5.11 Å². The van der Waals surface area contributed by atoms with Crippen molar-refractivity contribution in [3.63, 3.8) is 0 Å². The second kappa shape index (κ2) is 13.4. The average Bonchev–Trinajstić information content (AvgIpc) is 2.61. The maximum absolute atomic E-state index is 11.8. The van der Waals surface area contributed by atoms with Gasteiger partial charge in [-0.05, 0) is 24.5 Å². The van der Waals surface area contributed by atoms with Gasteiger partial charge in [0.25, 0.3) is 0 Å². The van der Waals surface area contributed by atoms with E-state index in [2.05, 4.69) is 6.92 Å². The van der Waals surface area contributed by atoms with Gasteiger partial charge in [0.15, 0.2) is 5.78 Å². The van der Waals surface area contributed by atoms with Crippen LogP contribution in [0.4, 0.5) is 0 Å². The number of hydrogen-bond acceptors (Lipinski definition) is 2. The minimum Gasteiger partial charge on any atom is -0.478 e. The molecule has 0 saturated carbocycles. The summed E-state index contributed by atoms with van der Waals surface area (Å²) in [5, 5.41) is 8.54. The highest BCUT2D eigenvalue weighted by Crippen LogP contribution is 2.13. The normalized spacial score (nSPS) is 11.1. The van der Waals surface area contributed by atoms with E-state index in [1.807, 2.05) is 12.1 Å². The minimum atomic E-state index is -1.11. The maximum Gasteiger partial charge on any atom is 0.328 e. The van der Waals surface area contributed by atoms with Gasteiger partial charge in [0.1, 0.15) is 0 Å². The number of carbonyl (C=O) groups excluding carboxylic acids is 1.